The van der Waals surface area contributed by atoms with E-state index in [1.165, 1.54) is 12.1 Å². The average Bonchev–Trinajstić information content (AvgIpc) is 3.21. The van der Waals surface area contributed by atoms with Crippen molar-refractivity contribution < 1.29 is 13.2 Å². The van der Waals surface area contributed by atoms with Gasteiger partial charge in [0.15, 0.2) is 0 Å². The number of anilines is 1. The van der Waals surface area contributed by atoms with Crippen LogP contribution in [0.15, 0.2) is 29.2 Å². The number of hydrogen-bond acceptors (Lipinski definition) is 4. The fourth-order valence-corrected chi connectivity index (χ4v) is 2.70. The summed E-state index contributed by atoms with van der Waals surface area (Å²) in [7, 11) is -3.57. The molecule has 1 amide bonds. The van der Waals surface area contributed by atoms with Gasteiger partial charge in [0, 0.05) is 24.7 Å². The molecule has 4 N–H and O–H groups in total. The summed E-state index contributed by atoms with van der Waals surface area (Å²) in [5.74, 6) is 0.0279. The van der Waals surface area contributed by atoms with Crippen molar-refractivity contribution in [3.63, 3.8) is 0 Å². The zero-order chi connectivity index (χ0) is 13.9. The highest BCUT2D eigenvalue weighted by Crippen LogP contribution is 2.30. The lowest BCUT2D eigenvalue weighted by atomic mass is 10.3. The van der Waals surface area contributed by atoms with Gasteiger partial charge < -0.3 is 11.1 Å². The molecule has 1 aromatic carbocycles. The Hall–Kier alpha value is -1.44. The first-order valence-corrected chi connectivity index (χ1v) is 7.62. The van der Waals surface area contributed by atoms with Crippen molar-refractivity contribution in [3.8, 4) is 0 Å². The van der Waals surface area contributed by atoms with Gasteiger partial charge in [-0.05, 0) is 31.0 Å². The minimum atomic E-state index is -3.57. The lowest BCUT2D eigenvalue weighted by Crippen LogP contribution is -2.29. The number of carbonyl (C=O) groups excluding carboxylic acids is 1. The van der Waals surface area contributed by atoms with Crippen molar-refractivity contribution in [2.24, 2.45) is 11.7 Å². The Bertz CT molecular complexity index is 567. The minimum absolute atomic E-state index is 0.0514. The normalized spacial score (nSPS) is 15.2. The number of amides is 1. The molecule has 0 atom stereocenters. The predicted molar refractivity (Wildman–Crippen MR) is 72.0 cm³/mol. The number of hydrogen-bond donors (Lipinski definition) is 3. The van der Waals surface area contributed by atoms with Gasteiger partial charge >= 0.3 is 0 Å². The Labute approximate surface area is 112 Å². The molecule has 104 valence electrons. The highest BCUT2D eigenvalue weighted by molar-refractivity contribution is 7.89. The molecule has 0 bridgehead atoms. The van der Waals surface area contributed by atoms with Gasteiger partial charge in [-0.1, -0.05) is 6.07 Å². The molecular formula is C12H17N3O3S. The van der Waals surface area contributed by atoms with Crippen LogP contribution in [-0.4, -0.2) is 27.4 Å². The van der Waals surface area contributed by atoms with E-state index in [9.17, 15) is 13.2 Å². The van der Waals surface area contributed by atoms with Gasteiger partial charge in [-0.3, -0.25) is 4.79 Å². The zero-order valence-electron chi connectivity index (χ0n) is 10.4. The smallest absolute Gasteiger partial charge is 0.240 e. The molecule has 0 heterocycles. The molecule has 1 aromatic rings. The van der Waals surface area contributed by atoms with Crippen LogP contribution >= 0.6 is 0 Å². The summed E-state index contributed by atoms with van der Waals surface area (Å²) >= 11 is 0. The lowest BCUT2D eigenvalue weighted by molar-refractivity contribution is -0.117. The molecule has 1 saturated carbocycles. The third-order valence-electron chi connectivity index (χ3n) is 2.80. The third-order valence-corrected chi connectivity index (χ3v) is 4.26. The summed E-state index contributed by atoms with van der Waals surface area (Å²) in [4.78, 5) is 11.7. The van der Waals surface area contributed by atoms with E-state index in [1.54, 1.807) is 12.1 Å². The van der Waals surface area contributed by atoms with Gasteiger partial charge in [-0.25, -0.2) is 13.1 Å². The summed E-state index contributed by atoms with van der Waals surface area (Å²) in [6.45, 7) is 0.415. The van der Waals surface area contributed by atoms with E-state index in [4.69, 9.17) is 5.73 Å². The number of nitrogens with two attached hydrogens (primary N) is 1. The van der Waals surface area contributed by atoms with Crippen molar-refractivity contribution in [3.05, 3.63) is 24.3 Å². The van der Waals surface area contributed by atoms with Crippen LogP contribution in [0.1, 0.15) is 12.8 Å². The summed E-state index contributed by atoms with van der Waals surface area (Å²) in [6, 6.07) is 6.19. The standard InChI is InChI=1S/C12H17N3O3S/c13-6-7-14-19(17,18)11-3-1-2-10(8-11)15-12(16)9-4-5-9/h1-3,8-9,14H,4-7,13H2,(H,15,16). The van der Waals surface area contributed by atoms with E-state index in [0.29, 0.717) is 5.69 Å². The summed E-state index contributed by atoms with van der Waals surface area (Å²) in [5.41, 5.74) is 5.76. The van der Waals surface area contributed by atoms with E-state index < -0.39 is 10.0 Å². The van der Waals surface area contributed by atoms with Gasteiger partial charge in [0.25, 0.3) is 0 Å². The molecule has 19 heavy (non-hydrogen) atoms. The van der Waals surface area contributed by atoms with Crippen LogP contribution in [0.25, 0.3) is 0 Å². The minimum Gasteiger partial charge on any atom is -0.329 e. The second kappa shape index (κ2) is 5.68. The van der Waals surface area contributed by atoms with Crippen LogP contribution in [0.5, 0.6) is 0 Å². The van der Waals surface area contributed by atoms with Gasteiger partial charge in [-0.15, -0.1) is 0 Å². The lowest BCUT2D eigenvalue weighted by Gasteiger charge is -2.08. The van der Waals surface area contributed by atoms with Crippen LogP contribution in [0.2, 0.25) is 0 Å². The van der Waals surface area contributed by atoms with Crippen molar-refractivity contribution in [2.75, 3.05) is 18.4 Å². The first kappa shape index (κ1) is 14.0. The quantitative estimate of drug-likeness (QED) is 0.697. The molecule has 1 fully saturated rings. The molecular weight excluding hydrogens is 266 g/mol. The maximum Gasteiger partial charge on any atom is 0.240 e. The number of carbonyl (C=O) groups is 1. The van der Waals surface area contributed by atoms with Gasteiger partial charge in [-0.2, -0.15) is 0 Å². The molecule has 1 aliphatic rings. The monoisotopic (exact) mass is 283 g/mol. The topological polar surface area (TPSA) is 101 Å². The largest absolute Gasteiger partial charge is 0.329 e. The number of sulfonamides is 1. The van der Waals surface area contributed by atoms with Crippen LogP contribution in [0.3, 0.4) is 0 Å². The molecule has 0 saturated heterocycles. The molecule has 0 unspecified atom stereocenters. The third kappa shape index (κ3) is 3.76. The predicted octanol–water partition coefficient (Wildman–Crippen LogP) is 0.272. The van der Waals surface area contributed by atoms with Crippen molar-refractivity contribution in [2.45, 2.75) is 17.7 Å². The summed E-state index contributed by atoms with van der Waals surface area (Å²) in [5, 5.41) is 2.72. The Balaban J connectivity index is 2.11. The first-order chi connectivity index (χ1) is 9.03. The van der Waals surface area contributed by atoms with E-state index in [-0.39, 0.29) is 29.8 Å². The van der Waals surface area contributed by atoms with E-state index >= 15 is 0 Å². The summed E-state index contributed by atoms with van der Waals surface area (Å²) < 4.78 is 26.2. The molecule has 0 aliphatic heterocycles. The maximum absolute atomic E-state index is 11.9. The molecule has 0 aromatic heterocycles. The summed E-state index contributed by atoms with van der Waals surface area (Å²) in [6.07, 6.45) is 1.81. The Morgan fingerprint density at radius 1 is 1.37 bits per heavy atom. The van der Waals surface area contributed by atoms with Crippen LogP contribution in [-0.2, 0) is 14.8 Å². The SMILES string of the molecule is NCCNS(=O)(=O)c1cccc(NC(=O)C2CC2)c1. The van der Waals surface area contributed by atoms with Crippen LogP contribution < -0.4 is 15.8 Å². The zero-order valence-corrected chi connectivity index (χ0v) is 11.2. The maximum atomic E-state index is 11.9. The Kier molecular flexibility index (Phi) is 4.18. The number of nitrogens with one attached hydrogen (secondary N) is 2. The van der Waals surface area contributed by atoms with Gasteiger partial charge in [0.2, 0.25) is 15.9 Å². The average molecular weight is 283 g/mol. The van der Waals surface area contributed by atoms with E-state index in [1.807, 2.05) is 0 Å². The molecule has 6 nitrogen and oxygen atoms in total. The fraction of sp³-hybridized carbons (Fsp3) is 0.417. The van der Waals surface area contributed by atoms with E-state index in [0.717, 1.165) is 12.8 Å². The van der Waals surface area contributed by atoms with Crippen LogP contribution in [0, 0.1) is 5.92 Å². The van der Waals surface area contributed by atoms with Crippen molar-refractivity contribution in [1.29, 1.82) is 0 Å². The second-order valence-electron chi connectivity index (χ2n) is 4.48. The van der Waals surface area contributed by atoms with Crippen molar-refractivity contribution in [1.82, 2.24) is 4.72 Å². The van der Waals surface area contributed by atoms with Crippen molar-refractivity contribution >= 4 is 21.6 Å². The molecule has 0 radical (unpaired) electrons. The van der Waals surface area contributed by atoms with Crippen LogP contribution in [0.4, 0.5) is 5.69 Å². The highest BCUT2D eigenvalue weighted by atomic mass is 32.2. The fourth-order valence-electron chi connectivity index (χ4n) is 1.61. The Morgan fingerprint density at radius 3 is 2.74 bits per heavy atom. The first-order valence-electron chi connectivity index (χ1n) is 6.13. The molecule has 0 spiro atoms. The Morgan fingerprint density at radius 2 is 2.11 bits per heavy atom. The van der Waals surface area contributed by atoms with E-state index in [2.05, 4.69) is 10.0 Å². The van der Waals surface area contributed by atoms with Gasteiger partial charge in [0.1, 0.15) is 0 Å². The number of rotatable bonds is 6. The second-order valence-corrected chi connectivity index (χ2v) is 6.24. The molecule has 2 rings (SSSR count). The highest BCUT2D eigenvalue weighted by Gasteiger charge is 2.29. The molecule has 7 heteroatoms. The van der Waals surface area contributed by atoms with Gasteiger partial charge in [0.05, 0.1) is 4.90 Å². The molecule has 1 aliphatic carbocycles. The number of benzene rings is 1.